The van der Waals surface area contributed by atoms with Gasteiger partial charge in [-0.1, -0.05) is 18.2 Å². The Balaban J connectivity index is 2.45. The van der Waals surface area contributed by atoms with E-state index < -0.39 is 9.84 Å². The smallest absolute Gasteiger partial charge is 0.216 e. The van der Waals surface area contributed by atoms with E-state index in [0.717, 1.165) is 0 Å². The van der Waals surface area contributed by atoms with Gasteiger partial charge in [-0.05, 0) is 25.1 Å². The summed E-state index contributed by atoms with van der Waals surface area (Å²) in [6, 6.07) is 9.66. The molecule has 1 aromatic heterocycles. The highest BCUT2D eigenvalue weighted by Crippen LogP contribution is 2.20. The number of hydrogen-bond donors (Lipinski definition) is 0. The number of nitriles is 1. The summed E-state index contributed by atoms with van der Waals surface area (Å²) in [5.41, 5.74) is 0.586. The van der Waals surface area contributed by atoms with Gasteiger partial charge in [-0.25, -0.2) is 8.42 Å². The van der Waals surface area contributed by atoms with Gasteiger partial charge in [0.1, 0.15) is 11.0 Å². The molecule has 0 atom stereocenters. The summed E-state index contributed by atoms with van der Waals surface area (Å²) >= 11 is 0. The molecule has 0 saturated heterocycles. The molecule has 1 aromatic carbocycles. The van der Waals surface area contributed by atoms with Crippen molar-refractivity contribution < 1.29 is 8.42 Å². The van der Waals surface area contributed by atoms with E-state index in [0.29, 0.717) is 12.1 Å². The van der Waals surface area contributed by atoms with E-state index in [-0.39, 0.29) is 9.80 Å². The van der Waals surface area contributed by atoms with Crippen molar-refractivity contribution in [1.82, 2.24) is 9.78 Å². The van der Waals surface area contributed by atoms with Crippen molar-refractivity contribution >= 4 is 15.9 Å². The molecule has 2 rings (SSSR count). The lowest BCUT2D eigenvalue weighted by Gasteiger charge is -2.01. The predicted octanol–water partition coefficient (Wildman–Crippen LogP) is 2.24. The Morgan fingerprint density at radius 1 is 1.40 bits per heavy atom. The van der Waals surface area contributed by atoms with Gasteiger partial charge in [-0.15, -0.1) is 0 Å². The average Bonchev–Trinajstić information content (AvgIpc) is 2.93. The Kier molecular flexibility index (Phi) is 4.01. The highest BCUT2D eigenvalue weighted by molar-refractivity contribution is 7.95. The minimum Gasteiger partial charge on any atom is -0.272 e. The summed E-state index contributed by atoms with van der Waals surface area (Å²) in [6.45, 7) is 2.60. The molecule has 102 valence electrons. The molecule has 0 aliphatic rings. The molecule has 0 bridgehead atoms. The fourth-order valence-corrected chi connectivity index (χ4v) is 2.86. The second-order valence-corrected chi connectivity index (χ2v) is 5.98. The Hall–Kier alpha value is -2.39. The first kappa shape index (κ1) is 14.0. The lowest BCUT2D eigenvalue weighted by molar-refractivity contribution is 0.603. The number of allylic oxidation sites excluding steroid dienone is 1. The molecule has 0 aliphatic heterocycles. The Bertz CT molecular complexity index is 768. The molecule has 1 heterocycles. The monoisotopic (exact) mass is 287 g/mol. The summed E-state index contributed by atoms with van der Waals surface area (Å²) in [6.07, 6.45) is 4.56. The van der Waals surface area contributed by atoms with E-state index in [9.17, 15) is 8.42 Å². The van der Waals surface area contributed by atoms with Gasteiger partial charge in [0.05, 0.1) is 11.1 Å². The van der Waals surface area contributed by atoms with E-state index in [1.807, 2.05) is 6.92 Å². The fraction of sp³-hybridized carbons (Fsp3) is 0.143. The highest BCUT2D eigenvalue weighted by Gasteiger charge is 2.20. The largest absolute Gasteiger partial charge is 0.272 e. The second kappa shape index (κ2) is 5.72. The van der Waals surface area contributed by atoms with Crippen LogP contribution in [0.1, 0.15) is 12.5 Å². The van der Waals surface area contributed by atoms with Crippen molar-refractivity contribution in [1.29, 1.82) is 5.26 Å². The van der Waals surface area contributed by atoms with Crippen molar-refractivity contribution in [3.63, 3.8) is 0 Å². The zero-order valence-electron chi connectivity index (χ0n) is 10.9. The van der Waals surface area contributed by atoms with Crippen LogP contribution in [0.5, 0.6) is 0 Å². The van der Waals surface area contributed by atoms with Gasteiger partial charge >= 0.3 is 0 Å². The maximum absolute atomic E-state index is 12.3. The molecule has 2 aromatic rings. The van der Waals surface area contributed by atoms with Crippen LogP contribution in [0.2, 0.25) is 0 Å². The van der Waals surface area contributed by atoms with Gasteiger partial charge in [0.2, 0.25) is 9.84 Å². The van der Waals surface area contributed by atoms with Gasteiger partial charge in [-0.2, -0.15) is 10.4 Å². The zero-order valence-corrected chi connectivity index (χ0v) is 11.7. The summed E-state index contributed by atoms with van der Waals surface area (Å²) in [5.74, 6) is 0. The van der Waals surface area contributed by atoms with Crippen LogP contribution < -0.4 is 0 Å². The highest BCUT2D eigenvalue weighted by atomic mass is 32.2. The van der Waals surface area contributed by atoms with Gasteiger partial charge in [-0.3, -0.25) is 4.68 Å². The van der Waals surface area contributed by atoms with Crippen LogP contribution >= 0.6 is 0 Å². The molecule has 20 heavy (non-hydrogen) atoms. The van der Waals surface area contributed by atoms with Crippen molar-refractivity contribution in [3.05, 3.63) is 53.2 Å². The van der Waals surface area contributed by atoms with Crippen LogP contribution in [0, 0.1) is 11.3 Å². The molecule has 0 unspecified atom stereocenters. The fourth-order valence-electron chi connectivity index (χ4n) is 1.67. The molecular weight excluding hydrogens is 274 g/mol. The molecule has 0 amide bonds. The van der Waals surface area contributed by atoms with E-state index in [4.69, 9.17) is 5.26 Å². The molecule has 0 aliphatic carbocycles. The van der Waals surface area contributed by atoms with Gasteiger partial charge < -0.3 is 0 Å². The van der Waals surface area contributed by atoms with Crippen LogP contribution in [0.15, 0.2) is 52.5 Å². The minimum atomic E-state index is -3.78. The number of benzene rings is 1. The Labute approximate surface area is 117 Å². The molecule has 6 heteroatoms. The second-order valence-electron chi connectivity index (χ2n) is 4.07. The first-order chi connectivity index (χ1) is 9.57. The SMILES string of the molecule is CCn1cc(/C=C(\C#N)S(=O)(=O)c2ccccc2)cn1. The third-order valence-corrected chi connectivity index (χ3v) is 4.41. The molecule has 5 nitrogen and oxygen atoms in total. The Morgan fingerprint density at radius 2 is 2.10 bits per heavy atom. The number of sulfone groups is 1. The molecule has 0 saturated carbocycles. The van der Waals surface area contributed by atoms with E-state index in [1.165, 1.54) is 24.4 Å². The molecule has 0 spiro atoms. The normalized spacial score (nSPS) is 12.1. The minimum absolute atomic E-state index is 0.107. The van der Waals surface area contributed by atoms with Crippen molar-refractivity contribution in [3.8, 4) is 6.07 Å². The van der Waals surface area contributed by atoms with Crippen LogP contribution in [0.3, 0.4) is 0 Å². The molecular formula is C14H13N3O2S. The summed E-state index contributed by atoms with van der Waals surface area (Å²) in [4.78, 5) is -0.185. The topological polar surface area (TPSA) is 75.8 Å². The molecule has 0 fully saturated rings. The predicted molar refractivity (Wildman–Crippen MR) is 75.1 cm³/mol. The number of aryl methyl sites for hydroxylation is 1. The standard InChI is InChI=1S/C14H13N3O2S/c1-2-17-11-12(10-16-17)8-14(9-15)20(18,19)13-6-4-3-5-7-13/h3-8,10-11H,2H2,1H3/b14-8+. The first-order valence-electron chi connectivity index (χ1n) is 6.02. The van der Waals surface area contributed by atoms with E-state index >= 15 is 0 Å². The maximum Gasteiger partial charge on any atom is 0.216 e. The summed E-state index contributed by atoms with van der Waals surface area (Å²) in [5, 5.41) is 13.2. The lowest BCUT2D eigenvalue weighted by atomic mass is 10.3. The molecule has 0 N–H and O–H groups in total. The van der Waals surface area contributed by atoms with Crippen LogP contribution in [-0.4, -0.2) is 18.2 Å². The van der Waals surface area contributed by atoms with Crippen LogP contribution in [-0.2, 0) is 16.4 Å². The van der Waals surface area contributed by atoms with Gasteiger partial charge in [0.15, 0.2) is 0 Å². The van der Waals surface area contributed by atoms with E-state index in [2.05, 4.69) is 5.10 Å². The number of nitrogens with zero attached hydrogens (tertiary/aromatic N) is 3. The summed E-state index contributed by atoms with van der Waals surface area (Å²) in [7, 11) is -3.78. The summed E-state index contributed by atoms with van der Waals surface area (Å²) < 4.78 is 26.3. The third-order valence-electron chi connectivity index (χ3n) is 2.73. The lowest BCUT2D eigenvalue weighted by Crippen LogP contribution is -2.03. The quantitative estimate of drug-likeness (QED) is 0.808. The first-order valence-corrected chi connectivity index (χ1v) is 7.50. The van der Waals surface area contributed by atoms with Crippen LogP contribution in [0.25, 0.3) is 6.08 Å². The maximum atomic E-state index is 12.3. The van der Waals surface area contributed by atoms with Crippen molar-refractivity contribution in [2.45, 2.75) is 18.4 Å². The number of aromatic nitrogens is 2. The van der Waals surface area contributed by atoms with Crippen molar-refractivity contribution in [2.75, 3.05) is 0 Å². The van der Waals surface area contributed by atoms with Crippen molar-refractivity contribution in [2.24, 2.45) is 0 Å². The number of rotatable bonds is 4. The zero-order chi connectivity index (χ0) is 14.6. The molecule has 0 radical (unpaired) electrons. The third kappa shape index (κ3) is 2.78. The van der Waals surface area contributed by atoms with Crippen LogP contribution in [0.4, 0.5) is 0 Å². The van der Waals surface area contributed by atoms with Gasteiger partial charge in [0.25, 0.3) is 0 Å². The average molecular weight is 287 g/mol. The Morgan fingerprint density at radius 3 is 2.65 bits per heavy atom. The van der Waals surface area contributed by atoms with Gasteiger partial charge in [0, 0.05) is 18.3 Å². The number of hydrogen-bond acceptors (Lipinski definition) is 4. The van der Waals surface area contributed by atoms with E-state index in [1.54, 1.807) is 35.1 Å².